The normalized spacial score (nSPS) is 10.9. The van der Waals surface area contributed by atoms with Crippen molar-refractivity contribution in [2.45, 2.75) is 20.3 Å². The Balaban J connectivity index is 2.86. The first-order valence-corrected chi connectivity index (χ1v) is 6.24. The highest BCUT2D eigenvalue weighted by molar-refractivity contribution is 5.86. The van der Waals surface area contributed by atoms with Crippen molar-refractivity contribution in [3.05, 3.63) is 29.8 Å². The standard InChI is InChI=1S/C15H20O4/c1-11(2)8-9-19-14-10-13(18-3)6-4-12(14)5-7-15(16)17/h4-7,10-11H,8-9H2,1-3H3,(H,16,17)/b7-5+. The lowest BCUT2D eigenvalue weighted by Gasteiger charge is -2.12. The van der Waals surface area contributed by atoms with Gasteiger partial charge in [-0.05, 0) is 30.5 Å². The molecular formula is C15H20O4. The Bertz CT molecular complexity index is 449. The van der Waals surface area contributed by atoms with Gasteiger partial charge in [0.15, 0.2) is 0 Å². The number of carboxylic acid groups (broad SMARTS) is 1. The summed E-state index contributed by atoms with van der Waals surface area (Å²) in [5, 5.41) is 8.66. The Morgan fingerprint density at radius 1 is 1.42 bits per heavy atom. The van der Waals surface area contributed by atoms with E-state index in [-0.39, 0.29) is 0 Å². The molecule has 0 spiro atoms. The maximum absolute atomic E-state index is 10.6. The van der Waals surface area contributed by atoms with Gasteiger partial charge in [-0.25, -0.2) is 4.79 Å². The van der Waals surface area contributed by atoms with Crippen LogP contribution in [0.3, 0.4) is 0 Å². The van der Waals surface area contributed by atoms with Crippen molar-refractivity contribution in [3.8, 4) is 11.5 Å². The molecule has 0 aliphatic heterocycles. The molecule has 0 aliphatic carbocycles. The molecule has 0 aromatic heterocycles. The molecule has 1 aromatic rings. The first-order valence-electron chi connectivity index (χ1n) is 6.24. The molecule has 0 aliphatic rings. The van der Waals surface area contributed by atoms with Crippen LogP contribution in [0.2, 0.25) is 0 Å². The van der Waals surface area contributed by atoms with E-state index in [0.29, 0.717) is 24.0 Å². The summed E-state index contributed by atoms with van der Waals surface area (Å²) in [5.74, 6) is 0.900. The largest absolute Gasteiger partial charge is 0.497 e. The molecule has 4 nitrogen and oxygen atoms in total. The molecule has 4 heteroatoms. The van der Waals surface area contributed by atoms with Crippen molar-refractivity contribution in [1.82, 2.24) is 0 Å². The van der Waals surface area contributed by atoms with Crippen LogP contribution in [0.1, 0.15) is 25.8 Å². The van der Waals surface area contributed by atoms with Crippen molar-refractivity contribution >= 4 is 12.0 Å². The zero-order valence-electron chi connectivity index (χ0n) is 11.6. The van der Waals surface area contributed by atoms with Gasteiger partial charge in [-0.15, -0.1) is 0 Å². The number of rotatable bonds is 7. The van der Waals surface area contributed by atoms with Crippen LogP contribution in [0, 0.1) is 5.92 Å². The lowest BCUT2D eigenvalue weighted by Crippen LogP contribution is -2.02. The maximum Gasteiger partial charge on any atom is 0.328 e. The topological polar surface area (TPSA) is 55.8 Å². The Labute approximate surface area is 113 Å². The van der Waals surface area contributed by atoms with Gasteiger partial charge in [0.05, 0.1) is 13.7 Å². The Morgan fingerprint density at radius 2 is 2.16 bits per heavy atom. The predicted molar refractivity (Wildman–Crippen MR) is 74.6 cm³/mol. The molecule has 0 fully saturated rings. The Morgan fingerprint density at radius 3 is 2.74 bits per heavy atom. The molecule has 1 aromatic carbocycles. The van der Waals surface area contributed by atoms with E-state index in [4.69, 9.17) is 14.6 Å². The third-order valence-corrected chi connectivity index (χ3v) is 2.58. The highest BCUT2D eigenvalue weighted by atomic mass is 16.5. The van der Waals surface area contributed by atoms with Crippen LogP contribution in [-0.2, 0) is 4.79 Å². The van der Waals surface area contributed by atoms with E-state index in [9.17, 15) is 4.79 Å². The lowest BCUT2D eigenvalue weighted by atomic mass is 10.1. The monoisotopic (exact) mass is 264 g/mol. The Kier molecular flexibility index (Phi) is 5.93. The summed E-state index contributed by atoms with van der Waals surface area (Å²) in [6.07, 6.45) is 3.56. The second-order valence-electron chi connectivity index (χ2n) is 4.61. The minimum absolute atomic E-state index is 0.559. The third kappa shape index (κ3) is 5.46. The van der Waals surface area contributed by atoms with E-state index in [0.717, 1.165) is 18.1 Å². The third-order valence-electron chi connectivity index (χ3n) is 2.58. The number of hydrogen-bond acceptors (Lipinski definition) is 3. The number of ether oxygens (including phenoxy) is 2. The van der Waals surface area contributed by atoms with Crippen LogP contribution in [0.25, 0.3) is 6.08 Å². The fourth-order valence-corrected chi connectivity index (χ4v) is 1.47. The molecule has 0 amide bonds. The van der Waals surface area contributed by atoms with E-state index >= 15 is 0 Å². The summed E-state index contributed by atoms with van der Waals surface area (Å²) in [5.41, 5.74) is 0.729. The summed E-state index contributed by atoms with van der Waals surface area (Å²) in [7, 11) is 1.58. The molecule has 0 bridgehead atoms. The minimum Gasteiger partial charge on any atom is -0.497 e. The van der Waals surface area contributed by atoms with Gasteiger partial charge >= 0.3 is 5.97 Å². The van der Waals surface area contributed by atoms with Crippen LogP contribution in [0.4, 0.5) is 0 Å². The second-order valence-corrected chi connectivity index (χ2v) is 4.61. The summed E-state index contributed by atoms with van der Waals surface area (Å²) in [4.78, 5) is 10.6. The van der Waals surface area contributed by atoms with Crippen molar-refractivity contribution in [2.24, 2.45) is 5.92 Å². The molecule has 104 valence electrons. The molecule has 19 heavy (non-hydrogen) atoms. The lowest BCUT2D eigenvalue weighted by molar-refractivity contribution is -0.131. The van der Waals surface area contributed by atoms with Crippen molar-refractivity contribution in [1.29, 1.82) is 0 Å². The molecule has 1 rings (SSSR count). The van der Waals surface area contributed by atoms with E-state index in [1.165, 1.54) is 6.08 Å². The van der Waals surface area contributed by atoms with Gasteiger partial charge < -0.3 is 14.6 Å². The summed E-state index contributed by atoms with van der Waals surface area (Å²) >= 11 is 0. The summed E-state index contributed by atoms with van der Waals surface area (Å²) in [6.45, 7) is 4.85. The maximum atomic E-state index is 10.6. The van der Waals surface area contributed by atoms with Crippen molar-refractivity contribution < 1.29 is 19.4 Å². The van der Waals surface area contributed by atoms with Crippen LogP contribution >= 0.6 is 0 Å². The number of benzene rings is 1. The van der Waals surface area contributed by atoms with Crippen LogP contribution in [-0.4, -0.2) is 24.8 Å². The van der Waals surface area contributed by atoms with Crippen molar-refractivity contribution in [3.63, 3.8) is 0 Å². The van der Waals surface area contributed by atoms with Gasteiger partial charge in [0.25, 0.3) is 0 Å². The average Bonchev–Trinajstić information content (AvgIpc) is 2.36. The smallest absolute Gasteiger partial charge is 0.328 e. The highest BCUT2D eigenvalue weighted by Gasteiger charge is 2.05. The summed E-state index contributed by atoms with van der Waals surface area (Å²) < 4.78 is 10.8. The number of aliphatic carboxylic acids is 1. The summed E-state index contributed by atoms with van der Waals surface area (Å²) in [6, 6.07) is 5.32. The van der Waals surface area contributed by atoms with Gasteiger partial charge in [-0.2, -0.15) is 0 Å². The predicted octanol–water partition coefficient (Wildman–Crippen LogP) is 3.22. The number of hydrogen-bond donors (Lipinski definition) is 1. The van der Waals surface area contributed by atoms with Crippen molar-refractivity contribution in [2.75, 3.05) is 13.7 Å². The fraction of sp³-hybridized carbons (Fsp3) is 0.400. The molecule has 0 saturated carbocycles. The molecule has 0 unspecified atom stereocenters. The SMILES string of the molecule is COc1ccc(/C=C/C(=O)O)c(OCCC(C)C)c1. The molecule has 0 atom stereocenters. The highest BCUT2D eigenvalue weighted by Crippen LogP contribution is 2.26. The Hall–Kier alpha value is -1.97. The first-order chi connectivity index (χ1) is 9.02. The van der Waals surface area contributed by atoms with Gasteiger partial charge in [0.1, 0.15) is 11.5 Å². The molecule has 0 heterocycles. The van der Waals surface area contributed by atoms with Gasteiger partial charge in [0, 0.05) is 17.7 Å². The fourth-order valence-electron chi connectivity index (χ4n) is 1.47. The average molecular weight is 264 g/mol. The molecule has 1 N–H and O–H groups in total. The van der Waals surface area contributed by atoms with E-state index < -0.39 is 5.97 Å². The number of carbonyl (C=O) groups is 1. The van der Waals surface area contributed by atoms with E-state index in [1.807, 2.05) is 0 Å². The van der Waals surface area contributed by atoms with Gasteiger partial charge in [-0.3, -0.25) is 0 Å². The minimum atomic E-state index is -0.982. The molecule has 0 saturated heterocycles. The van der Waals surface area contributed by atoms with E-state index in [2.05, 4.69) is 13.8 Å². The second kappa shape index (κ2) is 7.46. The van der Waals surface area contributed by atoms with Gasteiger partial charge in [0.2, 0.25) is 0 Å². The zero-order valence-corrected chi connectivity index (χ0v) is 11.6. The van der Waals surface area contributed by atoms with Crippen LogP contribution in [0.5, 0.6) is 11.5 Å². The number of methoxy groups -OCH3 is 1. The quantitative estimate of drug-likeness (QED) is 0.768. The van der Waals surface area contributed by atoms with Gasteiger partial charge in [-0.1, -0.05) is 13.8 Å². The zero-order chi connectivity index (χ0) is 14.3. The number of carboxylic acids is 1. The first kappa shape index (κ1) is 15.1. The van der Waals surface area contributed by atoms with Crippen LogP contribution in [0.15, 0.2) is 24.3 Å². The molecular weight excluding hydrogens is 244 g/mol. The molecule has 0 radical (unpaired) electrons. The van der Waals surface area contributed by atoms with E-state index in [1.54, 1.807) is 25.3 Å². The van der Waals surface area contributed by atoms with Crippen LogP contribution < -0.4 is 9.47 Å².